The molecule has 4 amide bonds. The van der Waals surface area contributed by atoms with Crippen molar-refractivity contribution in [3.05, 3.63) is 251 Å². The average Bonchev–Trinajstić information content (AvgIpc) is 1.06. The first-order valence-corrected chi connectivity index (χ1v) is 45.1. The zero-order chi connectivity index (χ0) is 89.9. The topological polar surface area (TPSA) is 359 Å². The number of Topliss-reactive ketones (excluding diaryl/α,β-unsaturated/α-hetero) is 4. The molecule has 8 aromatic carbocycles. The Morgan fingerprint density at radius 3 is 0.846 bits per heavy atom. The third-order valence-electron chi connectivity index (χ3n) is 23.5. The van der Waals surface area contributed by atoms with Crippen molar-refractivity contribution >= 4 is 46.8 Å². The molecule has 20 rings (SSSR count). The second kappa shape index (κ2) is 47.0. The molecule has 688 valence electrons. The third kappa shape index (κ3) is 31.5. The second-order valence-corrected chi connectivity index (χ2v) is 34.5. The number of benzene rings is 8. The van der Waals surface area contributed by atoms with E-state index in [2.05, 4.69) is 21.3 Å². The van der Waals surface area contributed by atoms with Crippen LogP contribution in [0.1, 0.15) is 70.2 Å². The van der Waals surface area contributed by atoms with Crippen LogP contribution in [-0.4, -0.2) is 240 Å². The molecule has 12 aliphatic rings. The maximum atomic E-state index is 12.9. The molecule has 8 aromatic rings. The zero-order valence-corrected chi connectivity index (χ0v) is 73.5. The Bertz CT molecular complexity index is 4720. The van der Waals surface area contributed by atoms with Crippen LogP contribution in [0.25, 0.3) is 0 Å². The van der Waals surface area contributed by atoms with Gasteiger partial charge in [0.25, 0.3) is 0 Å². The summed E-state index contributed by atoms with van der Waals surface area (Å²) >= 11 is 0. The monoisotopic (exact) mass is 1780 g/mol. The highest BCUT2D eigenvalue weighted by Gasteiger charge is 2.40. The lowest BCUT2D eigenvalue weighted by molar-refractivity contribution is -0.136. The highest BCUT2D eigenvalue weighted by Crippen LogP contribution is 2.32. The molecule has 28 nitrogen and oxygen atoms in total. The van der Waals surface area contributed by atoms with Crippen LogP contribution in [-0.2, 0) is 137 Å². The highest BCUT2D eigenvalue weighted by molar-refractivity contribution is 5.99. The van der Waals surface area contributed by atoms with Crippen LogP contribution >= 0.6 is 0 Å². The summed E-state index contributed by atoms with van der Waals surface area (Å²) in [5.74, 6) is 3.25. The number of ether oxygens (including phenoxy) is 16. The molecule has 12 fully saturated rings. The molecule has 0 radical (unpaired) electrons. The molecule has 28 heteroatoms. The van der Waals surface area contributed by atoms with Gasteiger partial charge in [0.2, 0.25) is 23.6 Å². The van der Waals surface area contributed by atoms with Gasteiger partial charge >= 0.3 is 0 Å². The number of piperidine rings is 4. The van der Waals surface area contributed by atoms with Gasteiger partial charge in [-0.15, -0.1) is 0 Å². The Morgan fingerprint density at radius 1 is 0.246 bits per heavy atom. The number of carbonyl (C=O) groups is 8. The Labute approximate surface area is 757 Å². The van der Waals surface area contributed by atoms with Gasteiger partial charge in [-0.25, -0.2) is 0 Å². The van der Waals surface area contributed by atoms with E-state index in [0.717, 1.165) is 145 Å². The van der Waals surface area contributed by atoms with Crippen LogP contribution in [0.4, 0.5) is 0 Å². The van der Waals surface area contributed by atoms with E-state index in [1.807, 2.05) is 206 Å². The average molecular weight is 1780 g/mol. The van der Waals surface area contributed by atoms with Crippen molar-refractivity contribution in [1.82, 2.24) is 21.3 Å². The van der Waals surface area contributed by atoms with Gasteiger partial charge in [0.15, 0.2) is 23.1 Å². The number of methoxy groups -OCH3 is 2. The van der Waals surface area contributed by atoms with E-state index >= 15 is 0 Å². The number of ketones is 4. The van der Waals surface area contributed by atoms with Gasteiger partial charge in [-0.3, -0.25) is 38.4 Å². The summed E-state index contributed by atoms with van der Waals surface area (Å²) in [6.45, 7) is 11.0. The molecular formula is C102H116N4O24. The summed E-state index contributed by atoms with van der Waals surface area (Å²) in [5.41, 5.74) is 7.95. The summed E-state index contributed by atoms with van der Waals surface area (Å²) in [6.07, 6.45) is 7.10. The highest BCUT2D eigenvalue weighted by atomic mass is 16.6. The van der Waals surface area contributed by atoms with Gasteiger partial charge in [-0.05, 0) is 150 Å². The van der Waals surface area contributed by atoms with Crippen molar-refractivity contribution in [2.75, 3.05) is 120 Å². The van der Waals surface area contributed by atoms with Crippen LogP contribution in [0.5, 0.6) is 34.5 Å². The number of hydrogen-bond donors (Lipinski definition) is 4. The maximum Gasteiger partial charge on any atom is 0.224 e. The summed E-state index contributed by atoms with van der Waals surface area (Å²) in [6, 6.07) is 63.8. The number of rotatable bonds is 38. The number of hydrogen-bond acceptors (Lipinski definition) is 24. The summed E-state index contributed by atoms with van der Waals surface area (Å²) in [7, 11) is 3.36. The molecule has 4 N–H and O–H groups in total. The number of carbonyl (C=O) groups excluding carboxylic acids is 8. The number of amides is 4. The first kappa shape index (κ1) is 93.4. The van der Waals surface area contributed by atoms with Gasteiger partial charge in [0.1, 0.15) is 123 Å². The molecule has 8 unspecified atom stereocenters. The van der Waals surface area contributed by atoms with Crippen LogP contribution in [0.2, 0.25) is 0 Å². The van der Waals surface area contributed by atoms with Gasteiger partial charge in [0.05, 0.1) is 90.2 Å². The molecule has 12 aliphatic heterocycles. The van der Waals surface area contributed by atoms with Crippen molar-refractivity contribution in [2.24, 2.45) is 23.7 Å². The molecule has 0 aliphatic carbocycles. The lowest BCUT2D eigenvalue weighted by Gasteiger charge is -2.29. The van der Waals surface area contributed by atoms with Crippen molar-refractivity contribution in [1.29, 1.82) is 0 Å². The number of para-hydroxylation sites is 2. The largest absolute Gasteiger partial charge is 0.491 e. The molecule has 0 saturated carbocycles. The standard InChI is InChI=1S/3C25H27NO6.C19H19NO2.2C4H8O2/c27-24-11-18(9-16-1-5-19(6-2-16)29-12-21-14-31-21)25(28)26-23(24)10-17-3-7-20(8-4-17)30-13-22-15-32-22;27-24-11-18(7-16-3-1-5-19(8-16)29-12-21-14-31-21)25(28)26-23(24)10-17-4-2-6-20(9-17)30-13-22-15-32-22;27-22-11-18(9-16-5-1-3-7-23(16)31-14-19-12-29-19)25(28)26-21(22)10-17-6-2-4-8-24(17)32-15-20-13-30-20;21-18-13-16(11-14-7-3-1-4-8-14)19(22)20-17(18)12-15-9-5-2-6-10-15;2*1-5-2-4-3-6-4/h1-8,18,21-23H,9-15H2,(H,26,28);1-6,8-9,18,21-23H,7,10-15H2,(H,26,28);1-8,18-21H,9-15H2,(H,26,28);1-10,16-17H,11-13H2,(H,20,22);2*4H,2-3H2,1H3/t2*18-,21?,22?,23-;18-,19?,20?,21-;16-,17-;;/m1111../s1. The van der Waals surface area contributed by atoms with Crippen molar-refractivity contribution < 1.29 is 114 Å². The Balaban J connectivity index is 0.000000128. The fourth-order valence-corrected chi connectivity index (χ4v) is 15.4. The van der Waals surface area contributed by atoms with E-state index in [9.17, 15) is 38.4 Å². The smallest absolute Gasteiger partial charge is 0.224 e. The lowest BCUT2D eigenvalue weighted by Crippen LogP contribution is -2.51. The SMILES string of the molecule is COCC1CO1.COCC1CO1.O=C1N[C@H](Cc2ccc(OCC3CO3)cc2)C(=O)C[C@H]1Cc1ccc(OCC2CO2)cc1.O=C1N[C@H](Cc2cccc(OCC3CO3)c2)C(=O)C[C@H]1Cc1cccc(OCC2CO2)c1.O=C1N[C@H](Cc2ccccc2)C(=O)C[C@H]1Cc1ccccc1.O=C1N[C@H](Cc2ccccc2OCC2CO2)C(=O)C[C@H]1Cc1ccccc1OCC1CO1. The van der Waals surface area contributed by atoms with Crippen LogP contribution in [0.15, 0.2) is 206 Å². The number of nitrogens with one attached hydrogen (secondary N) is 4. The minimum Gasteiger partial charge on any atom is -0.491 e. The summed E-state index contributed by atoms with van der Waals surface area (Å²) < 4.78 is 84.6. The quantitative estimate of drug-likeness (QED) is 0.0262. The minimum absolute atomic E-state index is 0.00983. The van der Waals surface area contributed by atoms with E-state index in [1.54, 1.807) is 14.2 Å². The molecule has 0 aromatic heterocycles. The van der Waals surface area contributed by atoms with Crippen LogP contribution in [0, 0.1) is 23.7 Å². The van der Waals surface area contributed by atoms with Crippen LogP contribution < -0.4 is 49.7 Å². The fourth-order valence-electron chi connectivity index (χ4n) is 15.4. The van der Waals surface area contributed by atoms with E-state index in [-0.39, 0.29) is 126 Å². The van der Waals surface area contributed by atoms with Crippen molar-refractivity contribution in [2.45, 2.75) is 150 Å². The van der Waals surface area contributed by atoms with Gasteiger partial charge in [-0.2, -0.15) is 0 Å². The van der Waals surface area contributed by atoms with Gasteiger partial charge in [0, 0.05) is 70.0 Å². The summed E-state index contributed by atoms with van der Waals surface area (Å²) in [5, 5.41) is 11.7. The predicted molar refractivity (Wildman–Crippen MR) is 476 cm³/mol. The molecule has 0 bridgehead atoms. The normalized spacial score (nSPS) is 25.9. The Morgan fingerprint density at radius 2 is 0.500 bits per heavy atom. The number of epoxide rings is 8. The Hall–Kier alpha value is -11.3. The van der Waals surface area contributed by atoms with E-state index in [0.29, 0.717) is 110 Å². The minimum atomic E-state index is -0.542. The zero-order valence-electron chi connectivity index (χ0n) is 73.5. The summed E-state index contributed by atoms with van der Waals surface area (Å²) in [4.78, 5) is 101. The molecule has 12 heterocycles. The third-order valence-corrected chi connectivity index (χ3v) is 23.5. The maximum absolute atomic E-state index is 12.9. The van der Waals surface area contributed by atoms with E-state index < -0.39 is 24.0 Å². The van der Waals surface area contributed by atoms with Crippen molar-refractivity contribution in [3.63, 3.8) is 0 Å². The molecule has 12 saturated heterocycles. The molecule has 130 heavy (non-hydrogen) atoms. The Kier molecular flexibility index (Phi) is 33.8. The van der Waals surface area contributed by atoms with Crippen molar-refractivity contribution in [3.8, 4) is 34.5 Å². The first-order valence-electron chi connectivity index (χ1n) is 45.1. The molecule has 0 spiro atoms. The van der Waals surface area contributed by atoms with E-state index in [1.165, 1.54) is 0 Å². The second-order valence-electron chi connectivity index (χ2n) is 34.5. The van der Waals surface area contributed by atoms with Gasteiger partial charge < -0.3 is 97.1 Å². The fraction of sp³-hybridized carbons (Fsp3) is 0.451. The van der Waals surface area contributed by atoms with E-state index in [4.69, 9.17) is 75.8 Å². The predicted octanol–water partition coefficient (Wildman–Crippen LogP) is 8.91. The molecular weight excluding hydrogens is 1670 g/mol. The lowest BCUT2D eigenvalue weighted by atomic mass is 9.85. The van der Waals surface area contributed by atoms with Gasteiger partial charge in [-0.1, -0.05) is 146 Å². The molecule has 16 atom stereocenters. The van der Waals surface area contributed by atoms with Crippen LogP contribution in [0.3, 0.4) is 0 Å². The first-order chi connectivity index (χ1) is 63.5.